The number of amides is 1. The van der Waals surface area contributed by atoms with Crippen molar-refractivity contribution in [2.75, 3.05) is 49.5 Å². The number of piperazine rings is 1. The number of nitrogens with one attached hydrogen (secondary N) is 1. The zero-order valence-corrected chi connectivity index (χ0v) is 15.5. The van der Waals surface area contributed by atoms with Gasteiger partial charge in [-0.3, -0.25) is 9.69 Å². The lowest BCUT2D eigenvalue weighted by atomic mass is 10.2. The molecule has 0 unspecified atom stereocenters. The molecule has 0 spiro atoms. The Bertz CT molecular complexity index is 564. The highest BCUT2D eigenvalue weighted by Crippen LogP contribution is 2.30. The maximum Gasteiger partial charge on any atom is 0.226 e. The van der Waals surface area contributed by atoms with Crippen molar-refractivity contribution in [2.24, 2.45) is 5.92 Å². The maximum atomic E-state index is 12.0. The first-order chi connectivity index (χ1) is 12.1. The Labute approximate surface area is 151 Å². The van der Waals surface area contributed by atoms with E-state index in [1.54, 1.807) is 0 Å². The van der Waals surface area contributed by atoms with Gasteiger partial charge in [-0.1, -0.05) is 6.07 Å². The van der Waals surface area contributed by atoms with Gasteiger partial charge >= 0.3 is 0 Å². The molecule has 1 aromatic carbocycles. The number of nitrogens with zero attached hydrogens (tertiary/aromatic N) is 2. The molecule has 25 heavy (non-hydrogen) atoms. The molecule has 1 aliphatic heterocycles. The lowest BCUT2D eigenvalue weighted by Crippen LogP contribution is -2.47. The third kappa shape index (κ3) is 6.01. The molecule has 1 saturated heterocycles. The molecule has 2 fully saturated rings. The van der Waals surface area contributed by atoms with Crippen LogP contribution in [0.15, 0.2) is 24.3 Å². The second kappa shape index (κ2) is 8.68. The van der Waals surface area contributed by atoms with Gasteiger partial charge in [-0.2, -0.15) is 0 Å². The molecule has 1 aliphatic carbocycles. The van der Waals surface area contributed by atoms with Crippen molar-refractivity contribution in [1.82, 2.24) is 4.90 Å². The highest BCUT2D eigenvalue weighted by molar-refractivity contribution is 5.91. The molecule has 0 radical (unpaired) electrons. The fraction of sp³-hybridized carbons (Fsp3) is 0.650. The van der Waals surface area contributed by atoms with Gasteiger partial charge in [0.1, 0.15) is 0 Å². The average molecular weight is 345 g/mol. The molecule has 138 valence electrons. The van der Waals surface area contributed by atoms with Crippen molar-refractivity contribution in [3.63, 3.8) is 0 Å². The Morgan fingerprint density at radius 3 is 2.68 bits per heavy atom. The minimum atomic E-state index is 0.00653. The molecule has 2 aliphatic rings. The van der Waals surface area contributed by atoms with Gasteiger partial charge < -0.3 is 15.0 Å². The Morgan fingerprint density at radius 1 is 1.24 bits per heavy atom. The van der Waals surface area contributed by atoms with E-state index in [1.165, 1.54) is 25.1 Å². The van der Waals surface area contributed by atoms with Crippen LogP contribution in [0.25, 0.3) is 0 Å². The summed E-state index contributed by atoms with van der Waals surface area (Å²) in [5.74, 6) is 0.969. The summed E-state index contributed by atoms with van der Waals surface area (Å²) in [7, 11) is 0. The monoisotopic (exact) mass is 345 g/mol. The van der Waals surface area contributed by atoms with E-state index >= 15 is 0 Å². The van der Waals surface area contributed by atoms with Gasteiger partial charge in [0.05, 0.1) is 19.1 Å². The Balaban J connectivity index is 1.47. The van der Waals surface area contributed by atoms with Gasteiger partial charge in [0, 0.05) is 44.1 Å². The van der Waals surface area contributed by atoms with Crippen LogP contribution in [0.4, 0.5) is 11.4 Å². The predicted octanol–water partition coefficient (Wildman–Crippen LogP) is 2.97. The minimum Gasteiger partial charge on any atom is -0.378 e. The lowest BCUT2D eigenvalue weighted by molar-refractivity contribution is -0.117. The van der Waals surface area contributed by atoms with Crippen LogP contribution >= 0.6 is 0 Å². The summed E-state index contributed by atoms with van der Waals surface area (Å²) in [6.45, 7) is 10.1. The molecule has 1 saturated carbocycles. The summed E-state index contributed by atoms with van der Waals surface area (Å²) < 4.78 is 5.44. The van der Waals surface area contributed by atoms with Crippen molar-refractivity contribution >= 4 is 17.3 Å². The number of carbonyl (C=O) groups excluding carboxylic acids is 1. The molecule has 0 bridgehead atoms. The number of hydrogen-bond acceptors (Lipinski definition) is 4. The van der Waals surface area contributed by atoms with Gasteiger partial charge in [-0.25, -0.2) is 0 Å². The Kier molecular flexibility index (Phi) is 6.32. The molecule has 1 amide bonds. The molecule has 3 rings (SSSR count). The summed E-state index contributed by atoms with van der Waals surface area (Å²) in [5.41, 5.74) is 2.06. The molecule has 1 N–H and O–H groups in total. The summed E-state index contributed by atoms with van der Waals surface area (Å²) in [4.78, 5) is 17.0. The molecule has 5 nitrogen and oxygen atoms in total. The number of rotatable bonds is 8. The van der Waals surface area contributed by atoms with Crippen molar-refractivity contribution in [1.29, 1.82) is 0 Å². The van der Waals surface area contributed by atoms with Crippen molar-refractivity contribution in [3.05, 3.63) is 24.3 Å². The third-order valence-corrected chi connectivity index (χ3v) is 4.86. The summed E-state index contributed by atoms with van der Waals surface area (Å²) in [5, 5.41) is 2.98. The quantitative estimate of drug-likeness (QED) is 0.787. The van der Waals surface area contributed by atoms with E-state index in [2.05, 4.69) is 27.2 Å². The first-order valence-electron chi connectivity index (χ1n) is 9.59. The zero-order valence-electron chi connectivity index (χ0n) is 15.5. The van der Waals surface area contributed by atoms with E-state index in [-0.39, 0.29) is 12.0 Å². The molecule has 0 atom stereocenters. The van der Waals surface area contributed by atoms with Crippen LogP contribution in [0.3, 0.4) is 0 Å². The molecule has 1 aromatic rings. The number of ether oxygens (including phenoxy) is 1. The molecular weight excluding hydrogens is 314 g/mol. The smallest absolute Gasteiger partial charge is 0.226 e. The second-order valence-corrected chi connectivity index (χ2v) is 7.50. The minimum absolute atomic E-state index is 0.00653. The van der Waals surface area contributed by atoms with E-state index in [4.69, 9.17) is 4.74 Å². The number of anilines is 2. The van der Waals surface area contributed by atoms with E-state index in [0.29, 0.717) is 13.0 Å². The largest absolute Gasteiger partial charge is 0.378 e. The Hall–Kier alpha value is -1.59. The van der Waals surface area contributed by atoms with E-state index < -0.39 is 0 Å². The molecular formula is C20H31N3O2. The number of hydrogen-bond donors (Lipinski definition) is 1. The summed E-state index contributed by atoms with van der Waals surface area (Å²) in [6, 6.07) is 8.19. The first kappa shape index (κ1) is 18.2. The highest BCUT2D eigenvalue weighted by Gasteiger charge is 2.26. The van der Waals surface area contributed by atoms with Gasteiger partial charge in [0.25, 0.3) is 0 Å². The van der Waals surface area contributed by atoms with Crippen LogP contribution in [0.2, 0.25) is 0 Å². The second-order valence-electron chi connectivity index (χ2n) is 7.50. The van der Waals surface area contributed by atoms with Crippen LogP contribution < -0.4 is 10.2 Å². The normalized spacial score (nSPS) is 18.6. The van der Waals surface area contributed by atoms with Crippen LogP contribution in [0.5, 0.6) is 0 Å². The predicted molar refractivity (Wildman–Crippen MR) is 102 cm³/mol. The fourth-order valence-electron chi connectivity index (χ4n) is 3.25. The van der Waals surface area contributed by atoms with Gasteiger partial charge in [-0.05, 0) is 50.8 Å². The molecule has 5 heteroatoms. The Morgan fingerprint density at radius 2 is 2.00 bits per heavy atom. The highest BCUT2D eigenvalue weighted by atomic mass is 16.5. The first-order valence-corrected chi connectivity index (χ1v) is 9.59. The van der Waals surface area contributed by atoms with E-state index in [0.717, 1.165) is 37.8 Å². The number of carbonyl (C=O) groups is 1. The molecule has 1 heterocycles. The van der Waals surface area contributed by atoms with E-state index in [9.17, 15) is 4.79 Å². The lowest BCUT2D eigenvalue weighted by Gasteiger charge is -2.36. The maximum absolute atomic E-state index is 12.0. The summed E-state index contributed by atoms with van der Waals surface area (Å²) >= 11 is 0. The van der Waals surface area contributed by atoms with Crippen molar-refractivity contribution in [2.45, 2.75) is 39.2 Å². The standard InChI is InChI=1S/C20H31N3O2/c1-16(2)25-13-8-20(24)21-18-4-3-5-19(14-18)23-11-9-22(10-12-23)15-17-6-7-17/h3-5,14,16-17H,6-13,15H2,1-2H3,(H,21,24). The van der Waals surface area contributed by atoms with Crippen molar-refractivity contribution in [3.8, 4) is 0 Å². The number of benzene rings is 1. The molecule has 0 aromatic heterocycles. The summed E-state index contributed by atoms with van der Waals surface area (Å²) in [6.07, 6.45) is 3.39. The third-order valence-electron chi connectivity index (χ3n) is 4.86. The fourth-order valence-corrected chi connectivity index (χ4v) is 3.25. The van der Waals surface area contributed by atoms with Gasteiger partial charge in [-0.15, -0.1) is 0 Å². The van der Waals surface area contributed by atoms with E-state index in [1.807, 2.05) is 26.0 Å². The topological polar surface area (TPSA) is 44.8 Å². The van der Waals surface area contributed by atoms with Gasteiger partial charge in [0.15, 0.2) is 0 Å². The van der Waals surface area contributed by atoms with Crippen LogP contribution in [0.1, 0.15) is 33.1 Å². The average Bonchev–Trinajstić information content (AvgIpc) is 3.39. The van der Waals surface area contributed by atoms with Gasteiger partial charge in [0.2, 0.25) is 5.91 Å². The van der Waals surface area contributed by atoms with Crippen molar-refractivity contribution < 1.29 is 9.53 Å². The van der Waals surface area contributed by atoms with Crippen LogP contribution in [-0.4, -0.2) is 56.2 Å². The zero-order chi connectivity index (χ0) is 17.6. The van der Waals surface area contributed by atoms with Crippen LogP contribution in [-0.2, 0) is 9.53 Å². The SMILES string of the molecule is CC(C)OCCC(=O)Nc1cccc(N2CCN(CC3CC3)CC2)c1. The van der Waals surface area contributed by atoms with Crippen LogP contribution in [0, 0.1) is 5.92 Å².